The SMILES string of the molecule is CCCC[Si](C)(C)OC(C)C=O. The number of hydrogen-bond acceptors (Lipinski definition) is 2. The van der Waals surface area contributed by atoms with Crippen LogP contribution in [0.2, 0.25) is 19.1 Å². The lowest BCUT2D eigenvalue weighted by Crippen LogP contribution is -2.34. The topological polar surface area (TPSA) is 26.3 Å². The first-order chi connectivity index (χ1) is 5.52. The summed E-state index contributed by atoms with van der Waals surface area (Å²) >= 11 is 0. The largest absolute Gasteiger partial charge is 0.408 e. The first-order valence-electron chi connectivity index (χ1n) is 4.65. The highest BCUT2D eigenvalue weighted by Gasteiger charge is 2.23. The van der Waals surface area contributed by atoms with Gasteiger partial charge >= 0.3 is 0 Å². The summed E-state index contributed by atoms with van der Waals surface area (Å²) in [6, 6.07) is 1.15. The van der Waals surface area contributed by atoms with E-state index in [1.807, 2.05) is 6.92 Å². The molecule has 0 saturated heterocycles. The van der Waals surface area contributed by atoms with E-state index in [1.165, 1.54) is 12.8 Å². The molecule has 0 heterocycles. The van der Waals surface area contributed by atoms with E-state index in [9.17, 15) is 4.79 Å². The normalized spacial score (nSPS) is 14.3. The summed E-state index contributed by atoms with van der Waals surface area (Å²) in [4.78, 5) is 10.4. The summed E-state index contributed by atoms with van der Waals surface area (Å²) < 4.78 is 5.66. The Balaban J connectivity index is 3.77. The highest BCUT2D eigenvalue weighted by atomic mass is 28.4. The fourth-order valence-corrected chi connectivity index (χ4v) is 3.58. The molecule has 72 valence electrons. The summed E-state index contributed by atoms with van der Waals surface area (Å²) in [6.45, 7) is 8.33. The molecular weight excluding hydrogens is 168 g/mol. The van der Waals surface area contributed by atoms with E-state index >= 15 is 0 Å². The molecule has 1 atom stereocenters. The molecule has 0 bridgehead atoms. The Morgan fingerprint density at radius 3 is 2.50 bits per heavy atom. The lowest BCUT2D eigenvalue weighted by molar-refractivity contribution is -0.113. The van der Waals surface area contributed by atoms with Crippen molar-refractivity contribution < 1.29 is 9.22 Å². The minimum Gasteiger partial charge on any atom is -0.408 e. The van der Waals surface area contributed by atoms with Crippen LogP contribution < -0.4 is 0 Å². The molecule has 0 aliphatic heterocycles. The van der Waals surface area contributed by atoms with E-state index in [4.69, 9.17) is 4.43 Å². The van der Waals surface area contributed by atoms with E-state index in [0.29, 0.717) is 0 Å². The van der Waals surface area contributed by atoms with Gasteiger partial charge in [0.15, 0.2) is 8.32 Å². The Hall–Kier alpha value is -0.153. The molecule has 0 rings (SSSR count). The second kappa shape index (κ2) is 5.49. The predicted molar refractivity (Wildman–Crippen MR) is 53.8 cm³/mol. The van der Waals surface area contributed by atoms with E-state index in [1.54, 1.807) is 0 Å². The van der Waals surface area contributed by atoms with Gasteiger partial charge in [-0.05, 0) is 26.1 Å². The van der Waals surface area contributed by atoms with Crippen molar-refractivity contribution in [2.24, 2.45) is 0 Å². The number of rotatable bonds is 6. The quantitative estimate of drug-likeness (QED) is 0.473. The Morgan fingerprint density at radius 1 is 1.50 bits per heavy atom. The molecule has 1 unspecified atom stereocenters. The highest BCUT2D eigenvalue weighted by Crippen LogP contribution is 2.16. The lowest BCUT2D eigenvalue weighted by Gasteiger charge is -2.24. The Bertz CT molecular complexity index is 134. The van der Waals surface area contributed by atoms with E-state index < -0.39 is 8.32 Å². The molecule has 0 radical (unpaired) electrons. The molecule has 0 spiro atoms. The van der Waals surface area contributed by atoms with Gasteiger partial charge in [-0.1, -0.05) is 19.8 Å². The molecule has 12 heavy (non-hydrogen) atoms. The number of unbranched alkanes of at least 4 members (excludes halogenated alkanes) is 1. The van der Waals surface area contributed by atoms with Crippen LogP contribution in [0.15, 0.2) is 0 Å². The highest BCUT2D eigenvalue weighted by molar-refractivity contribution is 6.71. The lowest BCUT2D eigenvalue weighted by atomic mass is 10.4. The minimum atomic E-state index is -1.54. The van der Waals surface area contributed by atoms with Crippen molar-refractivity contribution in [3.63, 3.8) is 0 Å². The van der Waals surface area contributed by atoms with Crippen LogP contribution in [0.5, 0.6) is 0 Å². The summed E-state index contributed by atoms with van der Waals surface area (Å²) in [7, 11) is -1.54. The van der Waals surface area contributed by atoms with Gasteiger partial charge in [-0.15, -0.1) is 0 Å². The van der Waals surface area contributed by atoms with Gasteiger partial charge in [0.1, 0.15) is 6.29 Å². The van der Waals surface area contributed by atoms with Crippen LogP contribution in [-0.4, -0.2) is 20.7 Å². The van der Waals surface area contributed by atoms with Crippen molar-refractivity contribution in [3.8, 4) is 0 Å². The predicted octanol–water partition coefficient (Wildman–Crippen LogP) is 2.60. The van der Waals surface area contributed by atoms with Crippen LogP contribution in [-0.2, 0) is 9.22 Å². The van der Waals surface area contributed by atoms with Crippen molar-refractivity contribution in [1.29, 1.82) is 0 Å². The first-order valence-corrected chi connectivity index (χ1v) is 7.76. The van der Waals surface area contributed by atoms with E-state index in [2.05, 4.69) is 20.0 Å². The number of carbonyl (C=O) groups is 1. The monoisotopic (exact) mass is 188 g/mol. The maximum Gasteiger partial charge on any atom is 0.187 e. The average molecular weight is 188 g/mol. The van der Waals surface area contributed by atoms with Crippen LogP contribution in [0.1, 0.15) is 26.7 Å². The molecule has 3 heteroatoms. The molecule has 0 aliphatic rings. The number of hydrogen-bond donors (Lipinski definition) is 0. The molecule has 0 aromatic rings. The second-order valence-electron chi connectivity index (χ2n) is 3.82. The third-order valence-electron chi connectivity index (χ3n) is 1.83. The van der Waals surface area contributed by atoms with E-state index in [-0.39, 0.29) is 6.10 Å². The van der Waals surface area contributed by atoms with Gasteiger partial charge in [0.25, 0.3) is 0 Å². The van der Waals surface area contributed by atoms with Crippen molar-refractivity contribution in [2.75, 3.05) is 0 Å². The van der Waals surface area contributed by atoms with Crippen molar-refractivity contribution in [3.05, 3.63) is 0 Å². The zero-order chi connectivity index (χ0) is 9.61. The minimum absolute atomic E-state index is 0.219. The molecule has 0 amide bonds. The second-order valence-corrected chi connectivity index (χ2v) is 8.08. The molecule has 0 fully saturated rings. The van der Waals surface area contributed by atoms with Crippen LogP contribution in [0.3, 0.4) is 0 Å². The summed E-state index contributed by atoms with van der Waals surface area (Å²) in [6.07, 6.45) is 3.07. The Kier molecular flexibility index (Phi) is 5.42. The standard InChI is InChI=1S/C9H20O2Si/c1-5-6-7-12(3,4)11-9(2)8-10/h8-9H,5-7H2,1-4H3. The Morgan fingerprint density at radius 2 is 2.08 bits per heavy atom. The number of carbonyl (C=O) groups excluding carboxylic acids is 1. The molecule has 0 aromatic heterocycles. The maximum absolute atomic E-state index is 10.4. The maximum atomic E-state index is 10.4. The van der Waals surface area contributed by atoms with Gasteiger partial charge < -0.3 is 9.22 Å². The molecule has 0 aromatic carbocycles. The fraction of sp³-hybridized carbons (Fsp3) is 0.889. The van der Waals surface area contributed by atoms with Crippen molar-refractivity contribution >= 4 is 14.6 Å². The molecule has 0 N–H and O–H groups in total. The van der Waals surface area contributed by atoms with Gasteiger partial charge in [-0.3, -0.25) is 0 Å². The first kappa shape index (κ1) is 11.8. The zero-order valence-corrected chi connectivity index (χ0v) is 9.59. The van der Waals surface area contributed by atoms with Gasteiger partial charge in [0.05, 0.1) is 6.10 Å². The molecule has 2 nitrogen and oxygen atoms in total. The molecular formula is C9H20O2Si. The summed E-state index contributed by atoms with van der Waals surface area (Å²) in [5.74, 6) is 0. The van der Waals surface area contributed by atoms with Crippen molar-refractivity contribution in [1.82, 2.24) is 0 Å². The Labute approximate surface area is 76.4 Å². The van der Waals surface area contributed by atoms with Crippen LogP contribution in [0.4, 0.5) is 0 Å². The average Bonchev–Trinajstić information content (AvgIpc) is 2.00. The van der Waals surface area contributed by atoms with Crippen LogP contribution >= 0.6 is 0 Å². The smallest absolute Gasteiger partial charge is 0.187 e. The van der Waals surface area contributed by atoms with Gasteiger partial charge in [-0.2, -0.15) is 0 Å². The zero-order valence-electron chi connectivity index (χ0n) is 8.59. The number of aldehydes is 1. The van der Waals surface area contributed by atoms with Crippen LogP contribution in [0, 0.1) is 0 Å². The third kappa shape index (κ3) is 5.49. The molecule has 0 aliphatic carbocycles. The summed E-state index contributed by atoms with van der Waals surface area (Å²) in [5, 5.41) is 0. The third-order valence-corrected chi connectivity index (χ3v) is 4.40. The van der Waals surface area contributed by atoms with Gasteiger partial charge in [-0.25, -0.2) is 0 Å². The van der Waals surface area contributed by atoms with E-state index in [0.717, 1.165) is 12.3 Å². The molecule has 0 saturated carbocycles. The summed E-state index contributed by atoms with van der Waals surface area (Å²) in [5.41, 5.74) is 0. The van der Waals surface area contributed by atoms with Crippen molar-refractivity contribution in [2.45, 2.75) is 51.9 Å². The van der Waals surface area contributed by atoms with Crippen LogP contribution in [0.25, 0.3) is 0 Å². The van der Waals surface area contributed by atoms with Gasteiger partial charge in [0, 0.05) is 0 Å². The van der Waals surface area contributed by atoms with Gasteiger partial charge in [0.2, 0.25) is 0 Å². The fourth-order valence-electron chi connectivity index (χ4n) is 1.19.